The first-order chi connectivity index (χ1) is 12.5. The van der Waals surface area contributed by atoms with E-state index >= 15 is 0 Å². The van der Waals surface area contributed by atoms with Crippen LogP contribution in [0.15, 0.2) is 54.6 Å². The second-order valence-corrected chi connectivity index (χ2v) is 6.45. The number of esters is 1. The number of non-ortho nitro benzene ring substituents is 1. The lowest BCUT2D eigenvalue weighted by Crippen LogP contribution is -2.25. The summed E-state index contributed by atoms with van der Waals surface area (Å²) in [6.45, 7) is 0.812. The molecule has 1 atom stereocenters. The number of nitro groups is 1. The quantitative estimate of drug-likeness (QED) is 0.389. The third-order valence-electron chi connectivity index (χ3n) is 4.08. The van der Waals surface area contributed by atoms with Gasteiger partial charge in [0.25, 0.3) is 5.69 Å². The first kappa shape index (κ1) is 19.6. The molecule has 0 saturated carbocycles. The molecule has 0 fully saturated rings. The molecule has 0 radical (unpaired) electrons. The van der Waals surface area contributed by atoms with E-state index in [9.17, 15) is 14.9 Å². The minimum atomic E-state index is -0.491. The lowest BCUT2D eigenvalue weighted by Gasteiger charge is -2.20. The summed E-state index contributed by atoms with van der Waals surface area (Å²) in [7, 11) is 3.96. The van der Waals surface area contributed by atoms with Gasteiger partial charge in [0, 0.05) is 18.7 Å². The van der Waals surface area contributed by atoms with E-state index in [1.807, 2.05) is 32.3 Å². The largest absolute Gasteiger partial charge is 0.459 e. The molecular formula is C20H24N2O4. The number of hydrogen-bond acceptors (Lipinski definition) is 5. The maximum Gasteiger partial charge on any atom is 0.338 e. The molecule has 0 N–H and O–H groups in total. The zero-order chi connectivity index (χ0) is 18.9. The highest BCUT2D eigenvalue weighted by atomic mass is 16.6. The van der Waals surface area contributed by atoms with Crippen LogP contribution in [-0.2, 0) is 11.2 Å². The Hall–Kier alpha value is -2.73. The summed E-state index contributed by atoms with van der Waals surface area (Å²) in [4.78, 5) is 24.7. The first-order valence-corrected chi connectivity index (χ1v) is 8.60. The van der Waals surface area contributed by atoms with Gasteiger partial charge in [-0.2, -0.15) is 0 Å². The van der Waals surface area contributed by atoms with Gasteiger partial charge in [-0.25, -0.2) is 4.79 Å². The van der Waals surface area contributed by atoms with Gasteiger partial charge in [-0.05, 0) is 51.1 Å². The number of aryl methyl sites for hydroxylation is 1. The van der Waals surface area contributed by atoms with Crippen molar-refractivity contribution in [2.75, 3.05) is 20.6 Å². The van der Waals surface area contributed by atoms with E-state index in [1.165, 1.54) is 29.8 Å². The average Bonchev–Trinajstić information content (AvgIpc) is 2.64. The van der Waals surface area contributed by atoms with Crippen LogP contribution in [0.25, 0.3) is 0 Å². The van der Waals surface area contributed by atoms with Crippen LogP contribution in [0.1, 0.15) is 28.8 Å². The van der Waals surface area contributed by atoms with E-state index in [1.54, 1.807) is 0 Å². The number of ether oxygens (including phenoxy) is 1. The summed E-state index contributed by atoms with van der Waals surface area (Å²) in [6, 6.07) is 15.6. The molecule has 6 heteroatoms. The topological polar surface area (TPSA) is 72.7 Å². The van der Waals surface area contributed by atoms with E-state index in [0.29, 0.717) is 5.56 Å². The molecule has 0 saturated heterocycles. The monoisotopic (exact) mass is 356 g/mol. The van der Waals surface area contributed by atoms with Crippen LogP contribution >= 0.6 is 0 Å². The molecule has 0 aliphatic rings. The third kappa shape index (κ3) is 6.29. The molecule has 2 aromatic carbocycles. The number of benzene rings is 2. The van der Waals surface area contributed by atoms with Gasteiger partial charge in [0.05, 0.1) is 10.5 Å². The smallest absolute Gasteiger partial charge is 0.338 e. The Morgan fingerprint density at radius 2 is 1.73 bits per heavy atom. The fourth-order valence-corrected chi connectivity index (χ4v) is 2.58. The van der Waals surface area contributed by atoms with Crippen molar-refractivity contribution in [3.05, 3.63) is 75.8 Å². The summed E-state index contributed by atoms with van der Waals surface area (Å²) < 4.78 is 5.67. The molecule has 0 bridgehead atoms. The number of nitrogens with zero attached hydrogens (tertiary/aromatic N) is 2. The fraction of sp³-hybridized carbons (Fsp3) is 0.350. The summed E-state index contributed by atoms with van der Waals surface area (Å²) >= 11 is 0. The Kier molecular flexibility index (Phi) is 7.29. The van der Waals surface area contributed by atoms with Crippen molar-refractivity contribution < 1.29 is 14.5 Å². The Morgan fingerprint density at radius 1 is 1.08 bits per heavy atom. The van der Waals surface area contributed by atoms with E-state index in [2.05, 4.69) is 17.0 Å². The van der Waals surface area contributed by atoms with Crippen LogP contribution in [0.3, 0.4) is 0 Å². The third-order valence-corrected chi connectivity index (χ3v) is 4.08. The molecule has 0 aliphatic heterocycles. The molecule has 0 spiro atoms. The molecule has 0 amide bonds. The van der Waals surface area contributed by atoms with Crippen LogP contribution in [-0.4, -0.2) is 42.5 Å². The predicted octanol–water partition coefficient (Wildman–Crippen LogP) is 3.70. The van der Waals surface area contributed by atoms with Gasteiger partial charge in [-0.1, -0.05) is 30.3 Å². The van der Waals surface area contributed by atoms with Crippen molar-refractivity contribution in [3.63, 3.8) is 0 Å². The highest BCUT2D eigenvalue weighted by Gasteiger charge is 2.17. The summed E-state index contributed by atoms with van der Waals surface area (Å²) in [5, 5.41) is 10.7. The van der Waals surface area contributed by atoms with Gasteiger partial charge in [-0.3, -0.25) is 10.1 Å². The standard InChI is InChI=1S/C20H24N2O4/c1-21(2)15-14-19(13-8-16-6-4-3-5-7-16)26-20(23)17-9-11-18(12-10-17)22(24)25/h3-7,9-12,19H,8,13-15H2,1-2H3/t19-/m1/s1. The van der Waals surface area contributed by atoms with E-state index in [0.717, 1.165) is 25.8 Å². The number of rotatable bonds is 9. The molecular weight excluding hydrogens is 332 g/mol. The van der Waals surface area contributed by atoms with Gasteiger partial charge in [0.1, 0.15) is 6.10 Å². The predicted molar refractivity (Wildman–Crippen MR) is 100 cm³/mol. The van der Waals surface area contributed by atoms with Gasteiger partial charge < -0.3 is 9.64 Å². The number of hydrogen-bond donors (Lipinski definition) is 0. The number of carbonyl (C=O) groups is 1. The zero-order valence-corrected chi connectivity index (χ0v) is 15.1. The maximum absolute atomic E-state index is 12.4. The normalized spacial score (nSPS) is 12.0. The molecule has 0 unspecified atom stereocenters. The second-order valence-electron chi connectivity index (χ2n) is 6.45. The van der Waals surface area contributed by atoms with Crippen LogP contribution in [0.5, 0.6) is 0 Å². The van der Waals surface area contributed by atoms with Crippen molar-refractivity contribution in [1.82, 2.24) is 4.90 Å². The first-order valence-electron chi connectivity index (χ1n) is 8.60. The van der Waals surface area contributed by atoms with Gasteiger partial charge >= 0.3 is 5.97 Å². The van der Waals surface area contributed by atoms with Crippen molar-refractivity contribution in [2.24, 2.45) is 0 Å². The Bertz CT molecular complexity index is 714. The highest BCUT2D eigenvalue weighted by Crippen LogP contribution is 2.16. The average molecular weight is 356 g/mol. The molecule has 6 nitrogen and oxygen atoms in total. The number of nitro benzene ring substituents is 1. The van der Waals surface area contributed by atoms with Gasteiger partial charge in [0.15, 0.2) is 0 Å². The molecule has 0 aromatic heterocycles. The summed E-state index contributed by atoms with van der Waals surface area (Å²) in [5.74, 6) is -0.447. The summed E-state index contributed by atoms with van der Waals surface area (Å²) in [5.41, 5.74) is 1.48. The Morgan fingerprint density at radius 3 is 2.31 bits per heavy atom. The Labute approximate surface area is 153 Å². The minimum Gasteiger partial charge on any atom is -0.459 e. The van der Waals surface area contributed by atoms with E-state index in [4.69, 9.17) is 4.74 Å². The molecule has 2 rings (SSSR count). The van der Waals surface area contributed by atoms with Crippen LogP contribution < -0.4 is 0 Å². The minimum absolute atomic E-state index is 0.0465. The van der Waals surface area contributed by atoms with Crippen molar-refractivity contribution in [3.8, 4) is 0 Å². The second kappa shape index (κ2) is 9.68. The fourth-order valence-electron chi connectivity index (χ4n) is 2.58. The molecule has 26 heavy (non-hydrogen) atoms. The molecule has 0 heterocycles. The molecule has 0 aliphatic carbocycles. The highest BCUT2D eigenvalue weighted by molar-refractivity contribution is 5.89. The Balaban J connectivity index is 1.99. The lowest BCUT2D eigenvalue weighted by atomic mass is 10.0. The van der Waals surface area contributed by atoms with Gasteiger partial charge in [-0.15, -0.1) is 0 Å². The van der Waals surface area contributed by atoms with Crippen molar-refractivity contribution in [2.45, 2.75) is 25.4 Å². The van der Waals surface area contributed by atoms with E-state index in [-0.39, 0.29) is 11.8 Å². The lowest BCUT2D eigenvalue weighted by molar-refractivity contribution is -0.384. The van der Waals surface area contributed by atoms with Crippen LogP contribution in [0.2, 0.25) is 0 Å². The molecule has 138 valence electrons. The zero-order valence-electron chi connectivity index (χ0n) is 15.1. The number of carbonyl (C=O) groups excluding carboxylic acids is 1. The van der Waals surface area contributed by atoms with Crippen molar-refractivity contribution >= 4 is 11.7 Å². The van der Waals surface area contributed by atoms with Crippen LogP contribution in [0, 0.1) is 10.1 Å². The maximum atomic E-state index is 12.4. The van der Waals surface area contributed by atoms with Crippen molar-refractivity contribution in [1.29, 1.82) is 0 Å². The van der Waals surface area contributed by atoms with E-state index < -0.39 is 10.9 Å². The SMILES string of the molecule is CN(C)CC[C@@H](CCc1ccccc1)OC(=O)c1ccc([N+](=O)[O-])cc1. The van der Waals surface area contributed by atoms with Gasteiger partial charge in [0.2, 0.25) is 0 Å². The summed E-state index contributed by atoms with van der Waals surface area (Å²) in [6.07, 6.45) is 2.09. The molecule has 2 aromatic rings. The van der Waals surface area contributed by atoms with Crippen LogP contribution in [0.4, 0.5) is 5.69 Å².